The van der Waals surface area contributed by atoms with E-state index < -0.39 is 0 Å². The molecule has 7 nitrogen and oxygen atoms in total. The van der Waals surface area contributed by atoms with Gasteiger partial charge in [0.15, 0.2) is 23.9 Å². The van der Waals surface area contributed by atoms with Crippen LogP contribution in [-0.4, -0.2) is 29.5 Å². The zero-order valence-corrected chi connectivity index (χ0v) is 16.9. The number of furan rings is 1. The van der Waals surface area contributed by atoms with Gasteiger partial charge in [0.25, 0.3) is 10.7 Å². The molecule has 2 aromatic heterocycles. The summed E-state index contributed by atoms with van der Waals surface area (Å²) in [6.45, 7) is 7.69. The highest BCUT2D eigenvalue weighted by Crippen LogP contribution is 2.32. The van der Waals surface area contributed by atoms with Crippen molar-refractivity contribution in [1.82, 2.24) is 9.78 Å². The smallest absolute Gasteiger partial charge is 0.292 e. The summed E-state index contributed by atoms with van der Waals surface area (Å²) in [5.74, 6) is 2.62. The molecule has 1 aromatic carbocycles. The van der Waals surface area contributed by atoms with Gasteiger partial charge >= 0.3 is 0 Å². The van der Waals surface area contributed by atoms with Crippen LogP contribution in [0.1, 0.15) is 25.0 Å². The van der Waals surface area contributed by atoms with Crippen LogP contribution in [0.5, 0.6) is 11.5 Å². The Morgan fingerprint density at radius 3 is 2.61 bits per heavy atom. The first-order chi connectivity index (χ1) is 13.7. The van der Waals surface area contributed by atoms with Gasteiger partial charge in [0.2, 0.25) is 0 Å². The Morgan fingerprint density at radius 1 is 1.18 bits per heavy atom. The third kappa shape index (κ3) is 3.83. The van der Waals surface area contributed by atoms with E-state index in [-0.39, 0.29) is 0 Å². The molecule has 0 fully saturated rings. The first-order valence-corrected chi connectivity index (χ1v) is 9.95. The first kappa shape index (κ1) is 18.8. The van der Waals surface area contributed by atoms with Crippen LogP contribution in [0, 0.1) is 4.84 Å². The summed E-state index contributed by atoms with van der Waals surface area (Å²) in [6, 6.07) is 7.84. The summed E-state index contributed by atoms with van der Waals surface area (Å²) in [7, 11) is 0. The Labute approximate surface area is 168 Å². The average molecular weight is 402 g/mol. The molecule has 0 aliphatic carbocycles. The second-order valence-electron chi connectivity index (χ2n) is 6.67. The van der Waals surface area contributed by atoms with Crippen molar-refractivity contribution in [3.8, 4) is 23.1 Å². The van der Waals surface area contributed by atoms with Gasteiger partial charge in [-0.2, -0.15) is 4.68 Å². The molecule has 0 radical (unpaired) electrons. The molecule has 4 rings (SSSR count). The predicted octanol–water partition coefficient (Wildman–Crippen LogP) is 2.86. The quantitative estimate of drug-likeness (QED) is 0.613. The molecule has 1 atom stereocenters. The summed E-state index contributed by atoms with van der Waals surface area (Å²) in [6.07, 6.45) is 2.56. The number of aromatic nitrogens is 2. The van der Waals surface area contributed by atoms with Crippen molar-refractivity contribution in [2.75, 3.05) is 19.8 Å². The minimum Gasteiger partial charge on any atom is -0.490 e. The standard InChI is InChI=1S/C20H23N3O4S/c1-3-24-17-10-14-7-8-22(12-15(14)11-18(17)25-4-2)13-23-20(28)27-19(21-23)16-6-5-9-26-16/h5-6,9-11H,3-4,7-8,12-13H2,1-2H3/p+1. The summed E-state index contributed by atoms with van der Waals surface area (Å²) < 4.78 is 24.2. The summed E-state index contributed by atoms with van der Waals surface area (Å²) in [5, 5.41) is 4.47. The van der Waals surface area contributed by atoms with Gasteiger partial charge in [-0.15, -0.1) is 5.10 Å². The van der Waals surface area contributed by atoms with Crippen molar-refractivity contribution in [2.24, 2.45) is 0 Å². The number of ether oxygens (including phenoxy) is 2. The zero-order chi connectivity index (χ0) is 19.5. The third-order valence-electron chi connectivity index (χ3n) is 4.77. The van der Waals surface area contributed by atoms with Crippen molar-refractivity contribution >= 4 is 12.2 Å². The van der Waals surface area contributed by atoms with Crippen molar-refractivity contribution in [2.45, 2.75) is 33.5 Å². The van der Waals surface area contributed by atoms with E-state index in [1.54, 1.807) is 23.1 Å². The molecule has 3 heterocycles. The highest BCUT2D eigenvalue weighted by molar-refractivity contribution is 7.71. The molecule has 28 heavy (non-hydrogen) atoms. The van der Waals surface area contributed by atoms with E-state index in [0.29, 0.717) is 36.4 Å². The molecule has 0 saturated carbocycles. The second-order valence-corrected chi connectivity index (χ2v) is 7.02. The minimum atomic E-state index is 0.353. The molecule has 1 N–H and O–H groups in total. The van der Waals surface area contributed by atoms with E-state index in [0.717, 1.165) is 31.0 Å². The summed E-state index contributed by atoms with van der Waals surface area (Å²) in [4.78, 5) is 1.71. The maximum absolute atomic E-state index is 5.78. The number of rotatable bonds is 7. The fraction of sp³-hybridized carbons (Fsp3) is 0.400. The van der Waals surface area contributed by atoms with Crippen LogP contribution in [0.2, 0.25) is 0 Å². The monoisotopic (exact) mass is 402 g/mol. The zero-order valence-electron chi connectivity index (χ0n) is 16.1. The SMILES string of the molecule is CCOc1cc2c(cc1OCC)C[NH+](Cn1nc(-c3ccco3)oc1=S)CC2. The highest BCUT2D eigenvalue weighted by Gasteiger charge is 2.24. The summed E-state index contributed by atoms with van der Waals surface area (Å²) in [5.41, 5.74) is 2.59. The lowest BCUT2D eigenvalue weighted by molar-refractivity contribution is -0.939. The van der Waals surface area contributed by atoms with Gasteiger partial charge in [0, 0.05) is 12.0 Å². The molecule has 0 bridgehead atoms. The van der Waals surface area contributed by atoms with E-state index in [2.05, 4.69) is 17.2 Å². The Morgan fingerprint density at radius 2 is 1.93 bits per heavy atom. The lowest BCUT2D eigenvalue weighted by Crippen LogP contribution is -3.11. The Hall–Kier alpha value is -2.58. The van der Waals surface area contributed by atoms with Crippen LogP contribution >= 0.6 is 12.2 Å². The molecule has 1 aliphatic heterocycles. The maximum Gasteiger partial charge on any atom is 0.292 e. The van der Waals surface area contributed by atoms with Crippen molar-refractivity contribution in [3.05, 3.63) is 46.5 Å². The topological polar surface area (TPSA) is 67.0 Å². The number of hydrogen-bond acceptors (Lipinski definition) is 6. The van der Waals surface area contributed by atoms with Gasteiger partial charge in [-0.25, -0.2) is 0 Å². The van der Waals surface area contributed by atoms with E-state index in [4.69, 9.17) is 30.5 Å². The summed E-state index contributed by atoms with van der Waals surface area (Å²) >= 11 is 5.34. The second kappa shape index (κ2) is 8.20. The van der Waals surface area contributed by atoms with Crippen molar-refractivity contribution in [3.63, 3.8) is 0 Å². The highest BCUT2D eigenvalue weighted by atomic mass is 32.1. The third-order valence-corrected chi connectivity index (χ3v) is 5.06. The normalized spacial score (nSPS) is 16.0. The molecular weight excluding hydrogens is 378 g/mol. The van der Waals surface area contributed by atoms with Crippen LogP contribution < -0.4 is 14.4 Å². The molecule has 8 heteroatoms. The maximum atomic E-state index is 5.78. The minimum absolute atomic E-state index is 0.353. The number of nitrogens with one attached hydrogen (secondary N) is 1. The Kier molecular flexibility index (Phi) is 5.50. The van der Waals surface area contributed by atoms with Gasteiger partial charge in [0.1, 0.15) is 6.54 Å². The van der Waals surface area contributed by atoms with Crippen LogP contribution in [0.3, 0.4) is 0 Å². The number of benzene rings is 1. The number of hydrogen-bond donors (Lipinski definition) is 1. The van der Waals surface area contributed by atoms with E-state index in [1.807, 2.05) is 13.8 Å². The molecule has 0 spiro atoms. The number of nitrogens with zero attached hydrogens (tertiary/aromatic N) is 2. The van der Waals surface area contributed by atoms with Crippen molar-refractivity contribution < 1.29 is 23.2 Å². The lowest BCUT2D eigenvalue weighted by Gasteiger charge is -2.26. The van der Waals surface area contributed by atoms with Crippen LogP contribution in [0.4, 0.5) is 0 Å². The average Bonchev–Trinajstić information content (AvgIpc) is 3.33. The first-order valence-electron chi connectivity index (χ1n) is 9.54. The molecule has 148 valence electrons. The number of fused-ring (bicyclic) bond motifs is 1. The van der Waals surface area contributed by atoms with Gasteiger partial charge in [-0.3, -0.25) is 0 Å². The van der Waals surface area contributed by atoms with E-state index in [1.165, 1.54) is 16.0 Å². The van der Waals surface area contributed by atoms with Crippen LogP contribution in [0.15, 0.2) is 39.4 Å². The molecule has 1 unspecified atom stereocenters. The molecular formula is C20H24N3O4S+. The van der Waals surface area contributed by atoms with Gasteiger partial charge in [-0.05, 0) is 55.9 Å². The fourth-order valence-corrected chi connectivity index (χ4v) is 3.68. The predicted molar refractivity (Wildman–Crippen MR) is 105 cm³/mol. The Bertz CT molecular complexity index is 994. The lowest BCUT2D eigenvalue weighted by atomic mass is 9.99. The van der Waals surface area contributed by atoms with Crippen LogP contribution in [0.25, 0.3) is 11.7 Å². The van der Waals surface area contributed by atoms with Gasteiger partial charge < -0.3 is 23.2 Å². The van der Waals surface area contributed by atoms with E-state index in [9.17, 15) is 0 Å². The van der Waals surface area contributed by atoms with E-state index >= 15 is 0 Å². The number of quaternary nitrogens is 1. The fourth-order valence-electron chi connectivity index (χ4n) is 3.50. The van der Waals surface area contributed by atoms with Crippen molar-refractivity contribution in [1.29, 1.82) is 0 Å². The Balaban J connectivity index is 1.53. The van der Waals surface area contributed by atoms with Gasteiger partial charge in [0.05, 0.1) is 26.0 Å². The molecule has 0 saturated heterocycles. The van der Waals surface area contributed by atoms with Crippen LogP contribution in [-0.2, 0) is 19.6 Å². The van der Waals surface area contributed by atoms with Gasteiger partial charge in [-0.1, -0.05) is 0 Å². The molecule has 1 aliphatic rings. The molecule has 3 aromatic rings. The largest absolute Gasteiger partial charge is 0.490 e. The molecule has 0 amide bonds.